The minimum atomic E-state index is -0.206. The Morgan fingerprint density at radius 2 is 1.59 bits per heavy atom. The van der Waals surface area contributed by atoms with Crippen molar-refractivity contribution >= 4 is 11.4 Å². The van der Waals surface area contributed by atoms with Crippen molar-refractivity contribution in [2.24, 2.45) is 0 Å². The molecule has 2 aromatic rings. The third-order valence-corrected chi connectivity index (χ3v) is 2.93. The van der Waals surface area contributed by atoms with E-state index >= 15 is 0 Å². The zero-order valence-electron chi connectivity index (χ0n) is 10.4. The van der Waals surface area contributed by atoms with Gasteiger partial charge in [0, 0.05) is 18.4 Å². The fourth-order valence-corrected chi connectivity index (χ4v) is 1.99. The number of aryl methyl sites for hydroxylation is 2. The van der Waals surface area contributed by atoms with Crippen LogP contribution < -0.4 is 4.90 Å². The molecule has 0 fully saturated rings. The fraction of sp³-hybridized carbons (Fsp3) is 0.200. The summed E-state index contributed by atoms with van der Waals surface area (Å²) in [6, 6.07) is 12.9. The van der Waals surface area contributed by atoms with Gasteiger partial charge in [-0.25, -0.2) is 4.39 Å². The summed E-state index contributed by atoms with van der Waals surface area (Å²) < 4.78 is 12.9. The summed E-state index contributed by atoms with van der Waals surface area (Å²) in [4.78, 5) is 2.06. The summed E-state index contributed by atoms with van der Waals surface area (Å²) in [5.41, 5.74) is 4.59. The van der Waals surface area contributed by atoms with E-state index in [2.05, 4.69) is 36.9 Å². The zero-order chi connectivity index (χ0) is 12.4. The van der Waals surface area contributed by atoms with Crippen LogP contribution >= 0.6 is 0 Å². The molecular formula is C15H16FN. The Hall–Kier alpha value is -1.83. The van der Waals surface area contributed by atoms with Crippen molar-refractivity contribution in [1.82, 2.24) is 0 Å². The summed E-state index contributed by atoms with van der Waals surface area (Å²) >= 11 is 0. The van der Waals surface area contributed by atoms with E-state index in [1.165, 1.54) is 23.3 Å². The smallest absolute Gasteiger partial charge is 0.123 e. The van der Waals surface area contributed by atoms with Crippen molar-refractivity contribution in [2.45, 2.75) is 13.8 Å². The van der Waals surface area contributed by atoms with E-state index in [-0.39, 0.29) is 5.82 Å². The normalized spacial score (nSPS) is 10.4. The lowest BCUT2D eigenvalue weighted by Gasteiger charge is -2.21. The molecule has 0 amide bonds. The van der Waals surface area contributed by atoms with Crippen LogP contribution in [0.3, 0.4) is 0 Å². The van der Waals surface area contributed by atoms with Gasteiger partial charge in [0.2, 0.25) is 0 Å². The monoisotopic (exact) mass is 229 g/mol. The van der Waals surface area contributed by atoms with Gasteiger partial charge in [-0.15, -0.1) is 0 Å². The van der Waals surface area contributed by atoms with E-state index in [9.17, 15) is 4.39 Å². The van der Waals surface area contributed by atoms with Gasteiger partial charge in [-0.05, 0) is 49.7 Å². The molecule has 88 valence electrons. The van der Waals surface area contributed by atoms with Crippen molar-refractivity contribution in [1.29, 1.82) is 0 Å². The Morgan fingerprint density at radius 3 is 2.18 bits per heavy atom. The topological polar surface area (TPSA) is 3.24 Å². The second-order valence-corrected chi connectivity index (χ2v) is 4.33. The molecule has 0 aliphatic carbocycles. The Bertz CT molecular complexity index is 517. The van der Waals surface area contributed by atoms with Crippen molar-refractivity contribution < 1.29 is 4.39 Å². The molecule has 0 bridgehead atoms. The Morgan fingerprint density at radius 1 is 0.941 bits per heavy atom. The summed E-state index contributed by atoms with van der Waals surface area (Å²) in [5, 5.41) is 0. The van der Waals surface area contributed by atoms with Gasteiger partial charge in [-0.2, -0.15) is 0 Å². The Balaban J connectivity index is 2.36. The highest BCUT2D eigenvalue weighted by Gasteiger charge is 2.06. The minimum Gasteiger partial charge on any atom is -0.344 e. The first-order valence-corrected chi connectivity index (χ1v) is 5.64. The first-order valence-electron chi connectivity index (χ1n) is 5.64. The number of anilines is 2. The standard InChI is InChI=1S/C15H16FN/c1-11-4-9-15(12(2)10-11)17(3)14-7-5-13(16)6-8-14/h4-10H,1-3H3. The molecule has 0 aliphatic rings. The van der Waals surface area contributed by atoms with E-state index in [1.54, 1.807) is 12.1 Å². The molecule has 0 aliphatic heterocycles. The van der Waals surface area contributed by atoms with Crippen LogP contribution in [0, 0.1) is 19.7 Å². The number of rotatable bonds is 2. The lowest BCUT2D eigenvalue weighted by atomic mass is 10.1. The largest absolute Gasteiger partial charge is 0.344 e. The quantitative estimate of drug-likeness (QED) is 0.745. The molecule has 0 unspecified atom stereocenters. The molecule has 17 heavy (non-hydrogen) atoms. The predicted octanol–water partition coefficient (Wildman–Crippen LogP) is 4.21. The second-order valence-electron chi connectivity index (χ2n) is 4.33. The predicted molar refractivity (Wildman–Crippen MR) is 70.4 cm³/mol. The molecule has 2 heteroatoms. The van der Waals surface area contributed by atoms with E-state index in [1.807, 2.05) is 7.05 Å². The molecule has 0 heterocycles. The number of benzene rings is 2. The number of hydrogen-bond donors (Lipinski definition) is 0. The first-order chi connectivity index (χ1) is 8.08. The van der Waals surface area contributed by atoms with Crippen LogP contribution in [0.15, 0.2) is 42.5 Å². The zero-order valence-corrected chi connectivity index (χ0v) is 10.4. The number of hydrogen-bond acceptors (Lipinski definition) is 1. The maximum Gasteiger partial charge on any atom is 0.123 e. The average Bonchev–Trinajstić information content (AvgIpc) is 2.29. The molecule has 1 nitrogen and oxygen atoms in total. The van der Waals surface area contributed by atoms with Crippen LogP contribution in [0.25, 0.3) is 0 Å². The SMILES string of the molecule is Cc1ccc(N(C)c2ccc(F)cc2)c(C)c1. The van der Waals surface area contributed by atoms with Gasteiger partial charge >= 0.3 is 0 Å². The molecule has 0 saturated carbocycles. The van der Waals surface area contributed by atoms with Crippen molar-refractivity contribution in [3.8, 4) is 0 Å². The molecule has 0 spiro atoms. The van der Waals surface area contributed by atoms with Crippen LogP contribution in [0.1, 0.15) is 11.1 Å². The second kappa shape index (κ2) is 4.58. The highest BCUT2D eigenvalue weighted by molar-refractivity contribution is 5.65. The highest BCUT2D eigenvalue weighted by Crippen LogP contribution is 2.27. The Kier molecular flexibility index (Phi) is 3.14. The van der Waals surface area contributed by atoms with Crippen LogP contribution in [0.2, 0.25) is 0 Å². The van der Waals surface area contributed by atoms with Crippen LogP contribution in [-0.4, -0.2) is 7.05 Å². The highest BCUT2D eigenvalue weighted by atomic mass is 19.1. The van der Waals surface area contributed by atoms with Gasteiger partial charge in [0.1, 0.15) is 5.82 Å². The summed E-state index contributed by atoms with van der Waals surface area (Å²) in [6.45, 7) is 4.16. The lowest BCUT2D eigenvalue weighted by Crippen LogP contribution is -2.10. The maximum atomic E-state index is 12.9. The van der Waals surface area contributed by atoms with Crippen LogP contribution in [0.4, 0.5) is 15.8 Å². The number of halogens is 1. The van der Waals surface area contributed by atoms with Crippen molar-refractivity contribution in [3.63, 3.8) is 0 Å². The molecule has 0 saturated heterocycles. The molecule has 2 aromatic carbocycles. The van der Waals surface area contributed by atoms with Crippen LogP contribution in [-0.2, 0) is 0 Å². The molecule has 0 N–H and O–H groups in total. The van der Waals surface area contributed by atoms with Crippen molar-refractivity contribution in [2.75, 3.05) is 11.9 Å². The third kappa shape index (κ3) is 2.47. The van der Waals surface area contributed by atoms with Crippen molar-refractivity contribution in [3.05, 3.63) is 59.4 Å². The van der Waals surface area contributed by atoms with Gasteiger partial charge in [0.15, 0.2) is 0 Å². The molecule has 0 atom stereocenters. The minimum absolute atomic E-state index is 0.206. The van der Waals surface area contributed by atoms with E-state index in [0.717, 1.165) is 11.4 Å². The maximum absolute atomic E-state index is 12.9. The van der Waals surface area contributed by atoms with Gasteiger partial charge in [0.05, 0.1) is 0 Å². The van der Waals surface area contributed by atoms with E-state index in [0.29, 0.717) is 0 Å². The van der Waals surface area contributed by atoms with Gasteiger partial charge in [-0.1, -0.05) is 17.7 Å². The Labute approximate surface area is 102 Å². The summed E-state index contributed by atoms with van der Waals surface area (Å²) in [6.07, 6.45) is 0. The molecular weight excluding hydrogens is 213 g/mol. The first kappa shape index (κ1) is 11.6. The molecule has 0 radical (unpaired) electrons. The average molecular weight is 229 g/mol. The third-order valence-electron chi connectivity index (χ3n) is 2.93. The number of nitrogens with zero attached hydrogens (tertiary/aromatic N) is 1. The fourth-order valence-electron chi connectivity index (χ4n) is 1.99. The van der Waals surface area contributed by atoms with E-state index in [4.69, 9.17) is 0 Å². The molecule has 2 rings (SSSR count). The van der Waals surface area contributed by atoms with Gasteiger partial charge < -0.3 is 4.90 Å². The van der Waals surface area contributed by atoms with Gasteiger partial charge in [0.25, 0.3) is 0 Å². The summed E-state index contributed by atoms with van der Waals surface area (Å²) in [5.74, 6) is -0.206. The van der Waals surface area contributed by atoms with Gasteiger partial charge in [-0.3, -0.25) is 0 Å². The lowest BCUT2D eigenvalue weighted by molar-refractivity contribution is 0.628. The molecule has 0 aromatic heterocycles. The summed E-state index contributed by atoms with van der Waals surface area (Å²) in [7, 11) is 1.99. The van der Waals surface area contributed by atoms with E-state index < -0.39 is 0 Å². The van der Waals surface area contributed by atoms with Crippen LogP contribution in [0.5, 0.6) is 0 Å².